The van der Waals surface area contributed by atoms with Crippen molar-refractivity contribution >= 4 is 11.6 Å². The maximum Gasteiger partial charge on any atom is 0.356 e. The van der Waals surface area contributed by atoms with E-state index in [0.29, 0.717) is 18.2 Å². The first-order chi connectivity index (χ1) is 16.2. The number of aromatic carboxylic acids is 1. The van der Waals surface area contributed by atoms with E-state index in [0.717, 1.165) is 47.4 Å². The number of ether oxygens (including phenoxy) is 1. The highest BCUT2D eigenvalue weighted by molar-refractivity contribution is 5.86. The Labute approximate surface area is 192 Å². The maximum absolute atomic E-state index is 11.5. The van der Waals surface area contributed by atoms with Crippen LogP contribution >= 0.6 is 0 Å². The number of aromatic nitrogens is 3. The minimum Gasteiger partial charge on any atom is -0.489 e. The molecule has 6 nitrogen and oxygen atoms in total. The molecule has 2 aliphatic carbocycles. The molecule has 2 aromatic heterocycles. The van der Waals surface area contributed by atoms with E-state index < -0.39 is 5.97 Å². The summed E-state index contributed by atoms with van der Waals surface area (Å²) in [7, 11) is 0. The number of nitrogens with zero attached hydrogens (tertiary/aromatic N) is 3. The molecule has 1 aromatic carbocycles. The summed E-state index contributed by atoms with van der Waals surface area (Å²) in [5.41, 5.74) is 4.82. The third kappa shape index (κ3) is 4.60. The van der Waals surface area contributed by atoms with Gasteiger partial charge in [-0.1, -0.05) is 61.8 Å². The van der Waals surface area contributed by atoms with Crippen molar-refractivity contribution in [2.75, 3.05) is 6.61 Å². The molecule has 0 unspecified atom stereocenters. The molecule has 1 fully saturated rings. The van der Waals surface area contributed by atoms with Crippen molar-refractivity contribution in [3.8, 4) is 16.9 Å². The highest BCUT2D eigenvalue weighted by Crippen LogP contribution is 2.38. The standard InChI is InChI=1S/C27H27N3O3/c31-27(32)24-16-25-28-17-23(26(30(25)29-24)21-10-6-3-7-11-21)20-12-14-22(15-13-20)33-18-19-8-4-1-2-5-9-19/h1,4-5,8-9,12-17,21H,2-3,6-7,10-11,18H2,(H,31,32). The highest BCUT2D eigenvalue weighted by atomic mass is 16.5. The Kier molecular flexibility index (Phi) is 6.07. The molecule has 1 N–H and O–H groups in total. The third-order valence-corrected chi connectivity index (χ3v) is 6.35. The second-order valence-electron chi connectivity index (χ2n) is 8.62. The van der Waals surface area contributed by atoms with E-state index in [9.17, 15) is 9.90 Å². The number of carbonyl (C=O) groups is 1. The van der Waals surface area contributed by atoms with Gasteiger partial charge in [0.2, 0.25) is 0 Å². The van der Waals surface area contributed by atoms with Gasteiger partial charge in [-0.15, -0.1) is 0 Å². The van der Waals surface area contributed by atoms with Crippen LogP contribution in [0, 0.1) is 0 Å². The van der Waals surface area contributed by atoms with Crippen molar-refractivity contribution in [1.82, 2.24) is 14.6 Å². The normalized spacial score (nSPS) is 16.5. The molecule has 0 atom stereocenters. The van der Waals surface area contributed by atoms with Gasteiger partial charge in [0.1, 0.15) is 12.4 Å². The van der Waals surface area contributed by atoms with Crippen molar-refractivity contribution in [2.45, 2.75) is 44.4 Å². The number of rotatable bonds is 6. The quantitative estimate of drug-likeness (QED) is 0.510. The Morgan fingerprint density at radius 1 is 1.12 bits per heavy atom. The summed E-state index contributed by atoms with van der Waals surface area (Å²) < 4.78 is 7.73. The lowest BCUT2D eigenvalue weighted by Gasteiger charge is -2.25. The number of carboxylic acid groups (broad SMARTS) is 1. The molecule has 3 aromatic rings. The SMILES string of the molecule is O=C(O)c1cc2ncc(-c3ccc(OCC4=CC=CCC=C4)cc3)c(C3CCCCC3)n2n1. The lowest BCUT2D eigenvalue weighted by atomic mass is 9.84. The van der Waals surface area contributed by atoms with Crippen LogP contribution in [0.15, 0.2) is 72.5 Å². The van der Waals surface area contributed by atoms with E-state index in [2.05, 4.69) is 40.5 Å². The molecule has 0 bridgehead atoms. The monoisotopic (exact) mass is 441 g/mol. The molecule has 2 aliphatic rings. The average Bonchev–Trinajstić information content (AvgIpc) is 3.12. The van der Waals surface area contributed by atoms with Crippen molar-refractivity contribution in [1.29, 1.82) is 0 Å². The summed E-state index contributed by atoms with van der Waals surface area (Å²) in [6.07, 6.45) is 19.0. The van der Waals surface area contributed by atoms with E-state index in [1.54, 1.807) is 10.6 Å². The van der Waals surface area contributed by atoms with Gasteiger partial charge in [0, 0.05) is 23.7 Å². The lowest BCUT2D eigenvalue weighted by molar-refractivity contribution is 0.0690. The molecule has 33 heavy (non-hydrogen) atoms. The predicted molar refractivity (Wildman–Crippen MR) is 128 cm³/mol. The van der Waals surface area contributed by atoms with Crippen LogP contribution in [0.1, 0.15) is 60.6 Å². The van der Waals surface area contributed by atoms with E-state index in [1.165, 1.54) is 19.3 Å². The van der Waals surface area contributed by atoms with Gasteiger partial charge < -0.3 is 9.84 Å². The molecule has 5 rings (SSSR count). The maximum atomic E-state index is 11.5. The summed E-state index contributed by atoms with van der Waals surface area (Å²) in [4.78, 5) is 16.0. The van der Waals surface area contributed by atoms with Crippen LogP contribution in [0.5, 0.6) is 5.75 Å². The minimum absolute atomic E-state index is 0.0252. The van der Waals surface area contributed by atoms with Crippen LogP contribution in [0.2, 0.25) is 0 Å². The molecular weight excluding hydrogens is 414 g/mol. The van der Waals surface area contributed by atoms with Crippen LogP contribution < -0.4 is 4.74 Å². The van der Waals surface area contributed by atoms with Crippen LogP contribution in [0.4, 0.5) is 0 Å². The van der Waals surface area contributed by atoms with E-state index in [-0.39, 0.29) is 5.69 Å². The number of benzene rings is 1. The molecular formula is C27H27N3O3. The van der Waals surface area contributed by atoms with Crippen LogP contribution in [0.3, 0.4) is 0 Å². The van der Waals surface area contributed by atoms with Crippen molar-refractivity contribution < 1.29 is 14.6 Å². The summed E-state index contributed by atoms with van der Waals surface area (Å²) in [5, 5.41) is 13.8. The molecule has 0 aliphatic heterocycles. The summed E-state index contributed by atoms with van der Waals surface area (Å²) >= 11 is 0. The molecule has 0 spiro atoms. The Balaban J connectivity index is 1.46. The highest BCUT2D eigenvalue weighted by Gasteiger charge is 2.24. The van der Waals surface area contributed by atoms with Gasteiger partial charge in [0.15, 0.2) is 11.3 Å². The number of carboxylic acids is 1. The predicted octanol–water partition coefficient (Wildman–Crippen LogP) is 5.96. The fraction of sp³-hybridized carbons (Fsp3) is 0.296. The van der Waals surface area contributed by atoms with Gasteiger partial charge >= 0.3 is 5.97 Å². The second kappa shape index (κ2) is 9.45. The fourth-order valence-electron chi connectivity index (χ4n) is 4.66. The zero-order chi connectivity index (χ0) is 22.6. The van der Waals surface area contributed by atoms with Gasteiger partial charge in [-0.3, -0.25) is 0 Å². The average molecular weight is 442 g/mol. The van der Waals surface area contributed by atoms with Gasteiger partial charge in [0.05, 0.1) is 5.69 Å². The minimum atomic E-state index is -1.03. The summed E-state index contributed by atoms with van der Waals surface area (Å²) in [6, 6.07) is 9.59. The molecule has 6 heteroatoms. The molecule has 0 radical (unpaired) electrons. The van der Waals surface area contributed by atoms with E-state index >= 15 is 0 Å². The number of allylic oxidation sites excluding steroid dienone is 4. The zero-order valence-electron chi connectivity index (χ0n) is 18.5. The first-order valence-electron chi connectivity index (χ1n) is 11.6. The topological polar surface area (TPSA) is 76.7 Å². The Morgan fingerprint density at radius 3 is 2.73 bits per heavy atom. The summed E-state index contributed by atoms with van der Waals surface area (Å²) in [5.74, 6) is 0.104. The van der Waals surface area contributed by atoms with E-state index in [1.807, 2.05) is 30.5 Å². The molecule has 1 saturated carbocycles. The Bertz CT molecular complexity index is 1250. The third-order valence-electron chi connectivity index (χ3n) is 6.35. The van der Waals surface area contributed by atoms with Crippen LogP contribution in [-0.2, 0) is 0 Å². The number of hydrogen-bond acceptors (Lipinski definition) is 4. The molecule has 0 saturated heterocycles. The summed E-state index contributed by atoms with van der Waals surface area (Å²) in [6.45, 7) is 0.520. The largest absolute Gasteiger partial charge is 0.489 e. The van der Waals surface area contributed by atoms with Crippen LogP contribution in [0.25, 0.3) is 16.8 Å². The smallest absolute Gasteiger partial charge is 0.356 e. The lowest BCUT2D eigenvalue weighted by Crippen LogP contribution is -2.13. The van der Waals surface area contributed by atoms with Crippen molar-refractivity contribution in [3.05, 3.63) is 83.9 Å². The Hall–Kier alpha value is -3.67. The Morgan fingerprint density at radius 2 is 1.94 bits per heavy atom. The first-order valence-corrected chi connectivity index (χ1v) is 11.6. The van der Waals surface area contributed by atoms with Gasteiger partial charge in [0.25, 0.3) is 0 Å². The fourth-order valence-corrected chi connectivity index (χ4v) is 4.66. The van der Waals surface area contributed by atoms with Crippen molar-refractivity contribution in [3.63, 3.8) is 0 Å². The molecule has 168 valence electrons. The van der Waals surface area contributed by atoms with Crippen LogP contribution in [-0.4, -0.2) is 32.3 Å². The van der Waals surface area contributed by atoms with Gasteiger partial charge in [-0.2, -0.15) is 5.10 Å². The number of hydrogen-bond donors (Lipinski definition) is 1. The molecule has 2 heterocycles. The number of fused-ring (bicyclic) bond motifs is 1. The first kappa shape index (κ1) is 21.2. The zero-order valence-corrected chi connectivity index (χ0v) is 18.5. The van der Waals surface area contributed by atoms with E-state index in [4.69, 9.17) is 4.74 Å². The molecule has 0 amide bonds. The second-order valence-corrected chi connectivity index (χ2v) is 8.62. The van der Waals surface area contributed by atoms with Gasteiger partial charge in [-0.05, 0) is 42.5 Å². The van der Waals surface area contributed by atoms with Crippen molar-refractivity contribution in [2.24, 2.45) is 0 Å². The van der Waals surface area contributed by atoms with Gasteiger partial charge in [-0.25, -0.2) is 14.3 Å².